The maximum absolute atomic E-state index is 12.9. The van der Waals surface area contributed by atoms with E-state index in [1.165, 1.54) is 5.56 Å². The van der Waals surface area contributed by atoms with Crippen LogP contribution in [0.4, 0.5) is 0 Å². The fourth-order valence-corrected chi connectivity index (χ4v) is 4.35. The third kappa shape index (κ3) is 5.87. The standard InChI is InChI=1S/C27H33N3O2/c1-28(19-23-9-10-25-18-26(32-2)12-11-24(25)17-23)27(31)21-30-14-6-13-29(15-16-30)20-22-7-4-3-5-8-22/h3-5,7-12,17-18H,6,13-16,19-21H2,1-2H3. The van der Waals surface area contributed by atoms with Crippen LogP contribution >= 0.6 is 0 Å². The van der Waals surface area contributed by atoms with Gasteiger partial charge < -0.3 is 9.64 Å². The first-order valence-electron chi connectivity index (χ1n) is 11.4. The lowest BCUT2D eigenvalue weighted by molar-refractivity contribution is -0.131. The molecule has 0 spiro atoms. The molecule has 0 aliphatic carbocycles. The average molecular weight is 432 g/mol. The molecule has 0 atom stereocenters. The SMILES string of the molecule is COc1ccc2cc(CN(C)C(=O)CN3CCCN(Cc4ccccc4)CC3)ccc2c1. The maximum atomic E-state index is 12.9. The van der Waals surface area contributed by atoms with E-state index in [1.54, 1.807) is 7.11 Å². The van der Waals surface area contributed by atoms with E-state index < -0.39 is 0 Å². The van der Waals surface area contributed by atoms with E-state index in [0.717, 1.165) is 61.2 Å². The van der Waals surface area contributed by atoms with Gasteiger partial charge in [-0.25, -0.2) is 0 Å². The fraction of sp³-hybridized carbons (Fsp3) is 0.370. The van der Waals surface area contributed by atoms with Crippen LogP contribution in [-0.2, 0) is 17.9 Å². The van der Waals surface area contributed by atoms with Crippen LogP contribution in [0.25, 0.3) is 10.8 Å². The molecule has 1 amide bonds. The number of nitrogens with zero attached hydrogens (tertiary/aromatic N) is 3. The first kappa shape index (κ1) is 22.3. The zero-order chi connectivity index (χ0) is 22.3. The van der Waals surface area contributed by atoms with E-state index in [1.807, 2.05) is 24.1 Å². The van der Waals surface area contributed by atoms with Crippen molar-refractivity contribution in [3.63, 3.8) is 0 Å². The molecule has 168 valence electrons. The summed E-state index contributed by atoms with van der Waals surface area (Å²) in [5.74, 6) is 1.04. The van der Waals surface area contributed by atoms with Gasteiger partial charge in [0.1, 0.15) is 5.75 Å². The maximum Gasteiger partial charge on any atom is 0.236 e. The Labute approximate surface area is 191 Å². The number of hydrogen-bond donors (Lipinski definition) is 0. The zero-order valence-corrected chi connectivity index (χ0v) is 19.2. The lowest BCUT2D eigenvalue weighted by Gasteiger charge is -2.24. The second-order valence-corrected chi connectivity index (χ2v) is 8.69. The number of likely N-dealkylation sites (N-methyl/N-ethyl adjacent to an activating group) is 1. The number of carbonyl (C=O) groups excluding carboxylic acids is 1. The molecule has 3 aromatic rings. The van der Waals surface area contributed by atoms with Crippen molar-refractivity contribution in [2.75, 3.05) is 46.9 Å². The van der Waals surface area contributed by atoms with Gasteiger partial charge in [0, 0.05) is 33.2 Å². The van der Waals surface area contributed by atoms with Gasteiger partial charge in [-0.2, -0.15) is 0 Å². The van der Waals surface area contributed by atoms with Gasteiger partial charge in [0.15, 0.2) is 0 Å². The normalized spacial score (nSPS) is 15.4. The third-order valence-electron chi connectivity index (χ3n) is 6.25. The molecule has 32 heavy (non-hydrogen) atoms. The van der Waals surface area contributed by atoms with E-state index in [0.29, 0.717) is 13.1 Å². The Hall–Kier alpha value is -2.89. The molecule has 0 aromatic heterocycles. The van der Waals surface area contributed by atoms with Crippen molar-refractivity contribution >= 4 is 16.7 Å². The van der Waals surface area contributed by atoms with Gasteiger partial charge in [0.2, 0.25) is 5.91 Å². The molecule has 3 aromatic carbocycles. The number of ether oxygens (including phenoxy) is 1. The minimum absolute atomic E-state index is 0.177. The van der Waals surface area contributed by atoms with Crippen LogP contribution in [0.3, 0.4) is 0 Å². The van der Waals surface area contributed by atoms with Gasteiger partial charge in [-0.15, -0.1) is 0 Å². The molecular formula is C27H33N3O2. The highest BCUT2D eigenvalue weighted by atomic mass is 16.5. The molecule has 1 heterocycles. The van der Waals surface area contributed by atoms with Gasteiger partial charge in [0.05, 0.1) is 13.7 Å². The number of fused-ring (bicyclic) bond motifs is 1. The van der Waals surface area contributed by atoms with Crippen LogP contribution in [0, 0.1) is 0 Å². The highest BCUT2D eigenvalue weighted by molar-refractivity contribution is 5.84. The molecule has 1 saturated heterocycles. The fourth-order valence-electron chi connectivity index (χ4n) is 4.35. The monoisotopic (exact) mass is 431 g/mol. The van der Waals surface area contributed by atoms with E-state index in [2.05, 4.69) is 64.4 Å². The van der Waals surface area contributed by atoms with Gasteiger partial charge in [-0.05, 0) is 59.6 Å². The summed E-state index contributed by atoms with van der Waals surface area (Å²) in [6, 6.07) is 23.1. The third-order valence-corrected chi connectivity index (χ3v) is 6.25. The number of hydrogen-bond acceptors (Lipinski definition) is 4. The minimum atomic E-state index is 0.177. The molecule has 5 nitrogen and oxygen atoms in total. The van der Waals surface area contributed by atoms with Crippen molar-refractivity contribution in [2.24, 2.45) is 0 Å². The number of rotatable bonds is 7. The van der Waals surface area contributed by atoms with Crippen molar-refractivity contribution in [1.29, 1.82) is 0 Å². The summed E-state index contributed by atoms with van der Waals surface area (Å²) in [7, 11) is 3.58. The summed E-state index contributed by atoms with van der Waals surface area (Å²) in [6.07, 6.45) is 1.10. The molecule has 4 rings (SSSR count). The number of carbonyl (C=O) groups is 1. The topological polar surface area (TPSA) is 36.0 Å². The number of benzene rings is 3. The summed E-state index contributed by atoms with van der Waals surface area (Å²) < 4.78 is 5.31. The molecule has 0 bridgehead atoms. The Morgan fingerprint density at radius 2 is 1.59 bits per heavy atom. The highest BCUT2D eigenvalue weighted by Gasteiger charge is 2.19. The largest absolute Gasteiger partial charge is 0.497 e. The summed E-state index contributed by atoms with van der Waals surface area (Å²) in [5, 5.41) is 2.31. The van der Waals surface area contributed by atoms with Gasteiger partial charge in [0.25, 0.3) is 0 Å². The Kier molecular flexibility index (Phi) is 7.40. The number of methoxy groups -OCH3 is 1. The zero-order valence-electron chi connectivity index (χ0n) is 19.2. The molecule has 1 aliphatic rings. The summed E-state index contributed by atoms with van der Waals surface area (Å²) >= 11 is 0. The summed E-state index contributed by atoms with van der Waals surface area (Å²) in [5.41, 5.74) is 2.49. The molecule has 0 radical (unpaired) electrons. The van der Waals surface area contributed by atoms with E-state index in [4.69, 9.17) is 4.74 Å². The average Bonchev–Trinajstić information content (AvgIpc) is 3.04. The molecule has 1 aliphatic heterocycles. The second-order valence-electron chi connectivity index (χ2n) is 8.69. The first-order valence-corrected chi connectivity index (χ1v) is 11.4. The van der Waals surface area contributed by atoms with Crippen LogP contribution in [0.5, 0.6) is 5.75 Å². The lowest BCUT2D eigenvalue weighted by atomic mass is 10.1. The predicted molar refractivity (Wildman–Crippen MR) is 130 cm³/mol. The lowest BCUT2D eigenvalue weighted by Crippen LogP contribution is -2.39. The van der Waals surface area contributed by atoms with Crippen molar-refractivity contribution in [3.8, 4) is 5.75 Å². The van der Waals surface area contributed by atoms with Crippen LogP contribution in [-0.4, -0.2) is 67.5 Å². The quantitative estimate of drug-likeness (QED) is 0.566. The molecule has 5 heteroatoms. The minimum Gasteiger partial charge on any atom is -0.497 e. The highest BCUT2D eigenvalue weighted by Crippen LogP contribution is 2.22. The van der Waals surface area contributed by atoms with Crippen LogP contribution in [0.1, 0.15) is 17.5 Å². The number of amides is 1. The van der Waals surface area contributed by atoms with Crippen molar-refractivity contribution in [3.05, 3.63) is 77.9 Å². The molecule has 1 fully saturated rings. The molecule has 0 saturated carbocycles. The van der Waals surface area contributed by atoms with Crippen molar-refractivity contribution in [2.45, 2.75) is 19.5 Å². The molecule has 0 N–H and O–H groups in total. The Morgan fingerprint density at radius 3 is 2.41 bits per heavy atom. The predicted octanol–water partition coefficient (Wildman–Crippen LogP) is 4.01. The Balaban J connectivity index is 1.29. The molecular weight excluding hydrogens is 398 g/mol. The van der Waals surface area contributed by atoms with Crippen molar-refractivity contribution < 1.29 is 9.53 Å². The van der Waals surface area contributed by atoms with Crippen LogP contribution in [0.2, 0.25) is 0 Å². The van der Waals surface area contributed by atoms with Gasteiger partial charge in [-0.3, -0.25) is 14.6 Å². The summed E-state index contributed by atoms with van der Waals surface area (Å²) in [6.45, 7) is 6.08. The van der Waals surface area contributed by atoms with Gasteiger partial charge in [-0.1, -0.05) is 48.5 Å². The first-order chi connectivity index (χ1) is 15.6. The Morgan fingerprint density at radius 1 is 0.875 bits per heavy atom. The van der Waals surface area contributed by atoms with E-state index in [9.17, 15) is 4.79 Å². The van der Waals surface area contributed by atoms with Crippen LogP contribution < -0.4 is 4.74 Å². The second kappa shape index (κ2) is 10.6. The molecule has 0 unspecified atom stereocenters. The smallest absolute Gasteiger partial charge is 0.236 e. The van der Waals surface area contributed by atoms with Crippen molar-refractivity contribution in [1.82, 2.24) is 14.7 Å². The summed E-state index contributed by atoms with van der Waals surface area (Å²) in [4.78, 5) is 19.5. The Bertz CT molecular complexity index is 1040. The van der Waals surface area contributed by atoms with Crippen LogP contribution in [0.15, 0.2) is 66.7 Å². The van der Waals surface area contributed by atoms with Gasteiger partial charge >= 0.3 is 0 Å². The van der Waals surface area contributed by atoms with E-state index >= 15 is 0 Å². The van der Waals surface area contributed by atoms with E-state index in [-0.39, 0.29) is 5.91 Å².